The van der Waals surface area contributed by atoms with Crippen LogP contribution in [0.3, 0.4) is 0 Å². The van der Waals surface area contributed by atoms with E-state index in [1.165, 1.54) is 12.1 Å². The van der Waals surface area contributed by atoms with Crippen molar-refractivity contribution in [2.75, 3.05) is 4.72 Å². The third-order valence-electron chi connectivity index (χ3n) is 2.65. The Balaban J connectivity index is 2.48. The summed E-state index contributed by atoms with van der Waals surface area (Å²) in [4.78, 5) is 9.33. The maximum Gasteiger partial charge on any atom is 0.312 e. The van der Waals surface area contributed by atoms with Crippen molar-refractivity contribution >= 4 is 37.3 Å². The molecule has 0 aliphatic rings. The molecule has 0 saturated heterocycles. The van der Waals surface area contributed by atoms with Crippen molar-refractivity contribution < 1.29 is 22.8 Å². The van der Waals surface area contributed by atoms with Gasteiger partial charge in [0.25, 0.3) is 10.0 Å². The topological polar surface area (TPSA) is 110 Å². The second-order valence-electron chi connectivity index (χ2n) is 4.11. The second kappa shape index (κ2) is 5.89. The van der Waals surface area contributed by atoms with Gasteiger partial charge in [-0.2, -0.15) is 0 Å². The van der Waals surface area contributed by atoms with Crippen LogP contribution >= 0.6 is 15.9 Å². The number of para-hydroxylation sites is 1. The summed E-state index contributed by atoms with van der Waals surface area (Å²) < 4.78 is 40.2. The maximum absolute atomic E-state index is 13.7. The SMILES string of the molecule is O=[N+]([O-])c1cc(S(=O)(=O)Nc2c(F)cccc2Br)ccc1O. The molecule has 0 aliphatic carbocycles. The molecule has 22 heavy (non-hydrogen) atoms. The highest BCUT2D eigenvalue weighted by atomic mass is 79.9. The van der Waals surface area contributed by atoms with E-state index in [4.69, 9.17) is 0 Å². The van der Waals surface area contributed by atoms with Crippen LogP contribution in [0, 0.1) is 15.9 Å². The molecule has 116 valence electrons. The summed E-state index contributed by atoms with van der Waals surface area (Å²) in [6, 6.07) is 6.40. The van der Waals surface area contributed by atoms with Crippen molar-refractivity contribution in [1.29, 1.82) is 0 Å². The fourth-order valence-electron chi connectivity index (χ4n) is 1.61. The predicted octanol–water partition coefficient (Wildman–Crippen LogP) is 3.00. The number of benzene rings is 2. The summed E-state index contributed by atoms with van der Waals surface area (Å²) in [5, 5.41) is 20.1. The van der Waals surface area contributed by atoms with Crippen LogP contribution in [0.1, 0.15) is 0 Å². The Bertz CT molecular complexity index is 836. The first-order valence-electron chi connectivity index (χ1n) is 5.66. The van der Waals surface area contributed by atoms with E-state index in [0.29, 0.717) is 6.07 Å². The Labute approximate surface area is 132 Å². The predicted molar refractivity (Wildman–Crippen MR) is 79.7 cm³/mol. The van der Waals surface area contributed by atoms with Gasteiger partial charge in [0.2, 0.25) is 0 Å². The van der Waals surface area contributed by atoms with Gasteiger partial charge in [0.05, 0.1) is 15.5 Å². The molecule has 0 unspecified atom stereocenters. The molecule has 2 N–H and O–H groups in total. The molecule has 0 aromatic heterocycles. The van der Waals surface area contributed by atoms with Crippen molar-refractivity contribution in [2.45, 2.75) is 4.90 Å². The molecule has 0 heterocycles. The van der Waals surface area contributed by atoms with E-state index >= 15 is 0 Å². The summed E-state index contributed by atoms with van der Waals surface area (Å²) in [5.41, 5.74) is -1.09. The van der Waals surface area contributed by atoms with E-state index in [2.05, 4.69) is 15.9 Å². The zero-order valence-corrected chi connectivity index (χ0v) is 13.1. The molecular formula is C12H8BrFN2O5S. The number of nitro groups is 1. The highest BCUT2D eigenvalue weighted by Gasteiger charge is 2.23. The number of nitrogens with one attached hydrogen (secondary N) is 1. The number of phenols is 1. The molecule has 7 nitrogen and oxygen atoms in total. The van der Waals surface area contributed by atoms with Crippen molar-refractivity contribution in [3.05, 3.63) is 56.8 Å². The molecule has 2 aromatic rings. The monoisotopic (exact) mass is 390 g/mol. The first kappa shape index (κ1) is 16.2. The number of sulfonamides is 1. The van der Waals surface area contributed by atoms with E-state index in [9.17, 15) is 28.0 Å². The average Bonchev–Trinajstić information content (AvgIpc) is 2.43. The van der Waals surface area contributed by atoms with Crippen molar-refractivity contribution in [3.8, 4) is 5.75 Å². The zero-order chi connectivity index (χ0) is 16.5. The summed E-state index contributed by atoms with van der Waals surface area (Å²) in [7, 11) is -4.27. The summed E-state index contributed by atoms with van der Waals surface area (Å²) in [6.07, 6.45) is 0. The van der Waals surface area contributed by atoms with E-state index < -0.39 is 37.1 Å². The third kappa shape index (κ3) is 3.17. The van der Waals surface area contributed by atoms with E-state index in [0.717, 1.165) is 18.2 Å². The molecule has 2 rings (SSSR count). The van der Waals surface area contributed by atoms with Crippen molar-refractivity contribution in [1.82, 2.24) is 0 Å². The van der Waals surface area contributed by atoms with Gasteiger partial charge in [-0.15, -0.1) is 0 Å². The molecule has 10 heteroatoms. The number of aromatic hydroxyl groups is 1. The van der Waals surface area contributed by atoms with Crippen LogP contribution in [0.5, 0.6) is 5.75 Å². The van der Waals surface area contributed by atoms with Gasteiger partial charge in [0.15, 0.2) is 5.75 Å². The van der Waals surface area contributed by atoms with Crippen LogP contribution in [0.4, 0.5) is 15.8 Å². The van der Waals surface area contributed by atoms with Crippen molar-refractivity contribution in [3.63, 3.8) is 0 Å². The highest BCUT2D eigenvalue weighted by Crippen LogP contribution is 2.31. The van der Waals surface area contributed by atoms with E-state index in [1.807, 2.05) is 4.72 Å². The lowest BCUT2D eigenvalue weighted by Gasteiger charge is -2.10. The first-order valence-corrected chi connectivity index (χ1v) is 7.94. The van der Waals surface area contributed by atoms with Crippen LogP contribution in [-0.2, 0) is 10.0 Å². The lowest BCUT2D eigenvalue weighted by molar-refractivity contribution is -0.386. The van der Waals surface area contributed by atoms with Gasteiger partial charge in [0, 0.05) is 10.5 Å². The van der Waals surface area contributed by atoms with Gasteiger partial charge in [-0.3, -0.25) is 14.8 Å². The molecule has 2 aromatic carbocycles. The summed E-state index contributed by atoms with van der Waals surface area (Å²) in [6.45, 7) is 0. The largest absolute Gasteiger partial charge is 0.502 e. The van der Waals surface area contributed by atoms with E-state index in [-0.39, 0.29) is 10.2 Å². The van der Waals surface area contributed by atoms with E-state index in [1.54, 1.807) is 0 Å². The fourth-order valence-corrected chi connectivity index (χ4v) is 3.29. The second-order valence-corrected chi connectivity index (χ2v) is 6.65. The Morgan fingerprint density at radius 3 is 2.55 bits per heavy atom. The number of nitrogens with zero attached hydrogens (tertiary/aromatic N) is 1. The lowest BCUT2D eigenvalue weighted by atomic mass is 10.3. The Hall–Kier alpha value is -2.20. The molecule has 0 radical (unpaired) electrons. The summed E-state index contributed by atoms with van der Waals surface area (Å²) >= 11 is 3.01. The van der Waals surface area contributed by atoms with Gasteiger partial charge >= 0.3 is 5.69 Å². The summed E-state index contributed by atoms with van der Waals surface area (Å²) in [5.74, 6) is -1.48. The lowest BCUT2D eigenvalue weighted by Crippen LogP contribution is -2.14. The molecule has 0 spiro atoms. The zero-order valence-electron chi connectivity index (χ0n) is 10.7. The van der Waals surface area contributed by atoms with Crippen LogP contribution in [0.25, 0.3) is 0 Å². The van der Waals surface area contributed by atoms with Gasteiger partial charge in [0.1, 0.15) is 5.82 Å². The average molecular weight is 391 g/mol. The number of anilines is 1. The molecular weight excluding hydrogens is 383 g/mol. The minimum atomic E-state index is -4.27. The smallest absolute Gasteiger partial charge is 0.312 e. The quantitative estimate of drug-likeness (QED) is 0.615. The molecule has 0 aliphatic heterocycles. The van der Waals surface area contributed by atoms with Crippen LogP contribution < -0.4 is 4.72 Å². The Morgan fingerprint density at radius 2 is 1.95 bits per heavy atom. The van der Waals surface area contributed by atoms with Crippen LogP contribution in [0.15, 0.2) is 45.8 Å². The number of phenolic OH excluding ortho intramolecular Hbond substituents is 1. The third-order valence-corrected chi connectivity index (χ3v) is 4.66. The molecule has 0 fully saturated rings. The van der Waals surface area contributed by atoms with Gasteiger partial charge < -0.3 is 5.11 Å². The maximum atomic E-state index is 13.7. The molecule has 0 bridgehead atoms. The van der Waals surface area contributed by atoms with Crippen LogP contribution in [0.2, 0.25) is 0 Å². The normalized spacial score (nSPS) is 11.2. The van der Waals surface area contributed by atoms with Crippen LogP contribution in [-0.4, -0.2) is 18.4 Å². The van der Waals surface area contributed by atoms with Gasteiger partial charge in [-0.25, -0.2) is 12.8 Å². The highest BCUT2D eigenvalue weighted by molar-refractivity contribution is 9.10. The van der Waals surface area contributed by atoms with Gasteiger partial charge in [-0.05, 0) is 40.2 Å². The number of rotatable bonds is 4. The minimum Gasteiger partial charge on any atom is -0.502 e. The first-order chi connectivity index (χ1) is 10.2. The fraction of sp³-hybridized carbons (Fsp3) is 0. The Kier molecular flexibility index (Phi) is 4.33. The molecule has 0 amide bonds. The van der Waals surface area contributed by atoms with Gasteiger partial charge in [-0.1, -0.05) is 6.07 Å². The number of nitro benzene ring substituents is 1. The molecule has 0 saturated carbocycles. The number of halogens is 2. The minimum absolute atomic E-state index is 0.171. The number of hydrogen-bond donors (Lipinski definition) is 2. The van der Waals surface area contributed by atoms with Crippen molar-refractivity contribution in [2.24, 2.45) is 0 Å². The number of hydrogen-bond acceptors (Lipinski definition) is 5. The Morgan fingerprint density at radius 1 is 1.27 bits per heavy atom. The molecule has 0 atom stereocenters. The standard InChI is InChI=1S/C12H8BrFN2O5S/c13-8-2-1-3-9(14)12(8)15-22(20,21)7-4-5-11(17)10(6-7)16(18)19/h1-6,15,17H.